The zero-order valence-corrected chi connectivity index (χ0v) is 11.5. The normalized spacial score (nSPS) is 23.9. The number of carbonyl (C=O) groups is 1. The van der Waals surface area contributed by atoms with Gasteiger partial charge in [-0.1, -0.05) is 0 Å². The summed E-state index contributed by atoms with van der Waals surface area (Å²) in [6.45, 7) is 3.05. The van der Waals surface area contributed by atoms with E-state index in [0.717, 1.165) is 25.6 Å². The van der Waals surface area contributed by atoms with Crippen molar-refractivity contribution in [3.63, 3.8) is 0 Å². The maximum atomic E-state index is 13.1. The van der Waals surface area contributed by atoms with E-state index in [1.54, 1.807) is 6.92 Å². The van der Waals surface area contributed by atoms with Gasteiger partial charge in [-0.05, 0) is 37.3 Å². The molecule has 1 saturated carbocycles. The zero-order valence-electron chi connectivity index (χ0n) is 11.5. The Morgan fingerprint density at radius 1 is 1.38 bits per heavy atom. The van der Waals surface area contributed by atoms with Crippen molar-refractivity contribution in [2.75, 3.05) is 24.6 Å². The summed E-state index contributed by atoms with van der Waals surface area (Å²) in [6, 6.07) is 2.62. The Hall–Kier alpha value is -1.79. The number of aromatic nitrogens is 1. The van der Waals surface area contributed by atoms with Gasteiger partial charge in [-0.2, -0.15) is 13.2 Å². The molecule has 7 heteroatoms. The molecule has 1 aromatic rings. The summed E-state index contributed by atoms with van der Waals surface area (Å²) in [6.07, 6.45) is -3.52. The maximum absolute atomic E-state index is 13.1. The SMILES string of the molecule is CCOC(=O)c1ccc(N2CC3CC3C2)nc1C(F)(F)F. The third kappa shape index (κ3) is 2.69. The second kappa shape index (κ2) is 4.89. The lowest BCUT2D eigenvalue weighted by Crippen LogP contribution is -2.25. The quantitative estimate of drug-likeness (QED) is 0.805. The van der Waals surface area contributed by atoms with Crippen LogP contribution >= 0.6 is 0 Å². The first kappa shape index (κ1) is 14.2. The van der Waals surface area contributed by atoms with E-state index in [2.05, 4.69) is 9.72 Å². The molecular weight excluding hydrogens is 285 g/mol. The highest BCUT2D eigenvalue weighted by atomic mass is 19.4. The van der Waals surface area contributed by atoms with Gasteiger partial charge in [-0.15, -0.1) is 0 Å². The van der Waals surface area contributed by atoms with E-state index in [4.69, 9.17) is 0 Å². The molecule has 2 unspecified atom stereocenters. The lowest BCUT2D eigenvalue weighted by molar-refractivity contribution is -0.141. The van der Waals surface area contributed by atoms with Crippen LogP contribution in [-0.4, -0.2) is 30.6 Å². The maximum Gasteiger partial charge on any atom is 0.434 e. The van der Waals surface area contributed by atoms with Crippen LogP contribution in [-0.2, 0) is 10.9 Å². The summed E-state index contributed by atoms with van der Waals surface area (Å²) in [5, 5.41) is 0. The van der Waals surface area contributed by atoms with E-state index in [-0.39, 0.29) is 12.4 Å². The Bertz CT molecular complexity index is 564. The number of esters is 1. The fourth-order valence-corrected chi connectivity index (χ4v) is 2.80. The molecule has 1 aromatic heterocycles. The van der Waals surface area contributed by atoms with Crippen molar-refractivity contribution < 1.29 is 22.7 Å². The Kier molecular flexibility index (Phi) is 3.30. The lowest BCUT2D eigenvalue weighted by atomic mass is 10.2. The number of fused-ring (bicyclic) bond motifs is 1. The van der Waals surface area contributed by atoms with Crippen molar-refractivity contribution in [3.8, 4) is 0 Å². The summed E-state index contributed by atoms with van der Waals surface area (Å²) < 4.78 is 44.0. The van der Waals surface area contributed by atoms with Crippen LogP contribution in [0.4, 0.5) is 19.0 Å². The Morgan fingerprint density at radius 2 is 2.05 bits per heavy atom. The number of rotatable bonds is 3. The molecule has 2 atom stereocenters. The van der Waals surface area contributed by atoms with Gasteiger partial charge in [0, 0.05) is 13.1 Å². The van der Waals surface area contributed by atoms with Crippen LogP contribution in [0, 0.1) is 11.8 Å². The van der Waals surface area contributed by atoms with E-state index < -0.39 is 23.4 Å². The molecule has 2 fully saturated rings. The molecule has 0 amide bonds. The smallest absolute Gasteiger partial charge is 0.434 e. The van der Waals surface area contributed by atoms with Crippen molar-refractivity contribution >= 4 is 11.8 Å². The van der Waals surface area contributed by atoms with Crippen molar-refractivity contribution in [1.29, 1.82) is 0 Å². The third-order valence-corrected chi connectivity index (χ3v) is 3.95. The standard InChI is InChI=1S/C14H15F3N2O2/c1-2-21-13(20)10-3-4-11(18-12(10)14(15,16)17)19-6-8-5-9(8)7-19/h3-4,8-9H,2,5-7H2,1H3. The first-order chi connectivity index (χ1) is 9.90. The van der Waals surface area contributed by atoms with E-state index in [0.29, 0.717) is 11.8 Å². The molecule has 1 saturated heterocycles. The van der Waals surface area contributed by atoms with Gasteiger partial charge < -0.3 is 9.64 Å². The number of anilines is 1. The van der Waals surface area contributed by atoms with Crippen LogP contribution in [0.15, 0.2) is 12.1 Å². The van der Waals surface area contributed by atoms with Crippen LogP contribution < -0.4 is 4.90 Å². The van der Waals surface area contributed by atoms with Crippen LogP contribution in [0.1, 0.15) is 29.4 Å². The minimum absolute atomic E-state index is 0.0212. The number of ether oxygens (including phenoxy) is 1. The number of hydrogen-bond donors (Lipinski definition) is 0. The van der Waals surface area contributed by atoms with Gasteiger partial charge in [0.1, 0.15) is 5.82 Å². The number of carbonyl (C=O) groups excluding carboxylic acids is 1. The molecule has 21 heavy (non-hydrogen) atoms. The molecule has 2 heterocycles. The molecule has 0 radical (unpaired) electrons. The number of nitrogens with zero attached hydrogens (tertiary/aromatic N) is 2. The van der Waals surface area contributed by atoms with Gasteiger partial charge >= 0.3 is 12.1 Å². The van der Waals surface area contributed by atoms with Crippen molar-refractivity contribution in [2.24, 2.45) is 11.8 Å². The van der Waals surface area contributed by atoms with Crippen LogP contribution in [0.3, 0.4) is 0 Å². The summed E-state index contributed by atoms with van der Waals surface area (Å²) in [5.41, 5.74) is -1.70. The Balaban J connectivity index is 1.92. The van der Waals surface area contributed by atoms with Gasteiger partial charge in [-0.25, -0.2) is 9.78 Å². The summed E-state index contributed by atoms with van der Waals surface area (Å²) in [5.74, 6) is 0.465. The predicted molar refractivity (Wildman–Crippen MR) is 69.0 cm³/mol. The molecule has 2 aliphatic rings. The van der Waals surface area contributed by atoms with Gasteiger partial charge in [0.15, 0.2) is 5.69 Å². The number of piperidine rings is 1. The van der Waals surface area contributed by atoms with Crippen LogP contribution in [0.2, 0.25) is 0 Å². The third-order valence-electron chi connectivity index (χ3n) is 3.95. The summed E-state index contributed by atoms with van der Waals surface area (Å²) in [7, 11) is 0. The first-order valence-corrected chi connectivity index (χ1v) is 6.90. The molecule has 4 nitrogen and oxygen atoms in total. The Morgan fingerprint density at radius 3 is 2.62 bits per heavy atom. The molecule has 0 spiro atoms. The average Bonchev–Trinajstić information content (AvgIpc) is 3.04. The monoisotopic (exact) mass is 300 g/mol. The molecule has 0 bridgehead atoms. The van der Waals surface area contributed by atoms with Gasteiger partial charge in [-0.3, -0.25) is 0 Å². The fraction of sp³-hybridized carbons (Fsp3) is 0.571. The lowest BCUT2D eigenvalue weighted by Gasteiger charge is -2.21. The predicted octanol–water partition coefficient (Wildman–Crippen LogP) is 2.73. The number of hydrogen-bond acceptors (Lipinski definition) is 4. The van der Waals surface area contributed by atoms with E-state index in [1.165, 1.54) is 6.07 Å². The Labute approximate surface area is 119 Å². The highest BCUT2D eigenvalue weighted by molar-refractivity contribution is 5.91. The van der Waals surface area contributed by atoms with Crippen LogP contribution in [0.25, 0.3) is 0 Å². The minimum Gasteiger partial charge on any atom is -0.462 e. The molecule has 3 rings (SSSR count). The largest absolute Gasteiger partial charge is 0.462 e. The summed E-state index contributed by atoms with van der Waals surface area (Å²) >= 11 is 0. The van der Waals surface area contributed by atoms with E-state index in [1.807, 2.05) is 4.90 Å². The van der Waals surface area contributed by atoms with Crippen molar-refractivity contribution in [3.05, 3.63) is 23.4 Å². The highest BCUT2D eigenvalue weighted by Gasteiger charge is 2.46. The zero-order chi connectivity index (χ0) is 15.2. The highest BCUT2D eigenvalue weighted by Crippen LogP contribution is 2.46. The fourth-order valence-electron chi connectivity index (χ4n) is 2.80. The molecule has 1 aliphatic carbocycles. The molecular formula is C14H15F3N2O2. The molecule has 1 aliphatic heterocycles. The molecule has 114 valence electrons. The van der Waals surface area contributed by atoms with Crippen LogP contribution in [0.5, 0.6) is 0 Å². The minimum atomic E-state index is -4.68. The van der Waals surface area contributed by atoms with E-state index >= 15 is 0 Å². The number of pyridine rings is 1. The average molecular weight is 300 g/mol. The molecule has 0 aromatic carbocycles. The second-order valence-corrected chi connectivity index (χ2v) is 5.44. The van der Waals surface area contributed by atoms with Crippen molar-refractivity contribution in [2.45, 2.75) is 19.5 Å². The number of halogens is 3. The number of alkyl halides is 3. The molecule has 0 N–H and O–H groups in total. The summed E-state index contributed by atoms with van der Waals surface area (Å²) in [4.78, 5) is 17.2. The van der Waals surface area contributed by atoms with E-state index in [9.17, 15) is 18.0 Å². The second-order valence-electron chi connectivity index (χ2n) is 5.44. The topological polar surface area (TPSA) is 42.4 Å². The van der Waals surface area contributed by atoms with Crippen molar-refractivity contribution in [1.82, 2.24) is 4.98 Å². The van der Waals surface area contributed by atoms with Gasteiger partial charge in [0.05, 0.1) is 12.2 Å². The van der Waals surface area contributed by atoms with Gasteiger partial charge in [0.2, 0.25) is 0 Å². The first-order valence-electron chi connectivity index (χ1n) is 6.90. The van der Waals surface area contributed by atoms with Gasteiger partial charge in [0.25, 0.3) is 0 Å².